The van der Waals surface area contributed by atoms with E-state index < -0.39 is 52.2 Å². The minimum absolute atomic E-state index is 0.168. The number of hydrogen-bond donors (Lipinski definition) is 1. The number of carbonyl (C=O) groups excluding carboxylic acids is 2. The molecule has 2 amide bonds. The van der Waals surface area contributed by atoms with Crippen molar-refractivity contribution in [1.29, 1.82) is 5.26 Å². The molecule has 2 unspecified atom stereocenters. The van der Waals surface area contributed by atoms with Gasteiger partial charge in [-0.05, 0) is 51.4 Å². The predicted molar refractivity (Wildman–Crippen MR) is 116 cm³/mol. The highest BCUT2D eigenvalue weighted by molar-refractivity contribution is 6.23. The molecule has 4 rings (SSSR count). The lowest BCUT2D eigenvalue weighted by molar-refractivity contribution is -0.169. The monoisotopic (exact) mass is 479 g/mol. The molecule has 4 atom stereocenters. The Morgan fingerprint density at radius 1 is 1.09 bits per heavy atom. The van der Waals surface area contributed by atoms with Crippen molar-refractivity contribution in [2.75, 3.05) is 31.1 Å². The second-order valence-corrected chi connectivity index (χ2v) is 9.88. The summed E-state index contributed by atoms with van der Waals surface area (Å²) in [6, 6.07) is 4.42. The Balaban J connectivity index is 1.59. The van der Waals surface area contributed by atoms with Gasteiger partial charge < -0.3 is 9.84 Å². The molecule has 34 heavy (non-hydrogen) atoms. The number of aliphatic hydroxyl groups is 1. The van der Waals surface area contributed by atoms with Crippen LogP contribution in [0, 0.1) is 23.2 Å². The van der Waals surface area contributed by atoms with Crippen LogP contribution in [0.25, 0.3) is 0 Å². The maximum absolute atomic E-state index is 13.5. The molecule has 3 aliphatic heterocycles. The first-order valence-electron chi connectivity index (χ1n) is 11.5. The fraction of sp³-hybridized carbons (Fsp3) is 0.625. The maximum atomic E-state index is 13.5. The van der Waals surface area contributed by atoms with Gasteiger partial charge in [0, 0.05) is 19.7 Å². The average molecular weight is 479 g/mol. The quantitative estimate of drug-likeness (QED) is 0.477. The van der Waals surface area contributed by atoms with Gasteiger partial charge in [-0.15, -0.1) is 0 Å². The van der Waals surface area contributed by atoms with E-state index in [0.29, 0.717) is 19.2 Å². The third-order valence-electron chi connectivity index (χ3n) is 7.23. The number of benzene rings is 1. The molecule has 2 bridgehead atoms. The molecule has 184 valence electrons. The minimum Gasteiger partial charge on any atom is -0.396 e. The molecule has 1 N–H and O–H groups in total. The molecule has 0 aromatic heterocycles. The van der Waals surface area contributed by atoms with E-state index in [1.807, 2.05) is 0 Å². The van der Waals surface area contributed by atoms with Crippen LogP contribution in [0.4, 0.5) is 18.9 Å². The van der Waals surface area contributed by atoms with Gasteiger partial charge in [-0.2, -0.15) is 18.4 Å². The highest BCUT2D eigenvalue weighted by Crippen LogP contribution is 2.55. The van der Waals surface area contributed by atoms with Gasteiger partial charge in [0.1, 0.15) is 0 Å². The summed E-state index contributed by atoms with van der Waals surface area (Å²) in [6.07, 6.45) is -1.23. The second-order valence-electron chi connectivity index (χ2n) is 9.88. The van der Waals surface area contributed by atoms with E-state index in [2.05, 4.69) is 4.90 Å². The number of carbonyl (C=O) groups is 2. The molecule has 0 saturated carbocycles. The van der Waals surface area contributed by atoms with Gasteiger partial charge >= 0.3 is 6.18 Å². The summed E-state index contributed by atoms with van der Waals surface area (Å²) in [5.41, 5.74) is -3.80. The van der Waals surface area contributed by atoms with E-state index >= 15 is 0 Å². The highest BCUT2D eigenvalue weighted by atomic mass is 19.4. The molecule has 7 nitrogen and oxygen atoms in total. The number of imide groups is 1. The molecule has 0 spiro atoms. The average Bonchev–Trinajstić information content (AvgIpc) is 3.12. The number of anilines is 1. The molecule has 0 radical (unpaired) electrons. The number of alkyl halides is 3. The number of nitriles is 1. The van der Waals surface area contributed by atoms with Gasteiger partial charge in [-0.1, -0.05) is 12.8 Å². The number of halogens is 3. The number of morpholine rings is 1. The molecule has 1 aromatic carbocycles. The number of hydrogen-bond acceptors (Lipinski definition) is 6. The van der Waals surface area contributed by atoms with E-state index in [1.165, 1.54) is 12.1 Å². The zero-order valence-corrected chi connectivity index (χ0v) is 19.2. The number of aliphatic hydroxyl groups excluding tert-OH is 1. The molecule has 3 heterocycles. The number of nitrogens with zero attached hydrogens (tertiary/aromatic N) is 3. The number of likely N-dealkylation sites (tertiary alicyclic amines) is 1. The fourth-order valence-electron chi connectivity index (χ4n) is 5.98. The molecule has 1 aromatic rings. The smallest absolute Gasteiger partial charge is 0.396 e. The summed E-state index contributed by atoms with van der Waals surface area (Å²) in [5.74, 6) is -2.73. The topological polar surface area (TPSA) is 93.9 Å². The highest BCUT2D eigenvalue weighted by Gasteiger charge is 2.71. The normalized spacial score (nSPS) is 31.1. The van der Waals surface area contributed by atoms with Crippen LogP contribution in [0.15, 0.2) is 18.2 Å². The van der Waals surface area contributed by atoms with Crippen molar-refractivity contribution in [2.45, 2.75) is 56.9 Å². The zero-order valence-electron chi connectivity index (χ0n) is 19.2. The van der Waals surface area contributed by atoms with Crippen molar-refractivity contribution in [3.8, 4) is 6.07 Å². The molecule has 3 saturated heterocycles. The van der Waals surface area contributed by atoms with Crippen molar-refractivity contribution >= 4 is 17.5 Å². The summed E-state index contributed by atoms with van der Waals surface area (Å²) in [4.78, 5) is 30.0. The van der Waals surface area contributed by atoms with Crippen LogP contribution in [0.3, 0.4) is 0 Å². The van der Waals surface area contributed by atoms with Crippen LogP contribution in [0.1, 0.15) is 50.7 Å². The molecular weight excluding hydrogens is 451 g/mol. The van der Waals surface area contributed by atoms with Gasteiger partial charge in [0.15, 0.2) is 0 Å². The number of amides is 2. The summed E-state index contributed by atoms with van der Waals surface area (Å²) in [7, 11) is 0. The van der Waals surface area contributed by atoms with Crippen molar-refractivity contribution in [1.82, 2.24) is 4.90 Å². The van der Waals surface area contributed by atoms with E-state index in [9.17, 15) is 22.8 Å². The molecular formula is C24H28F3N3O4. The molecule has 3 fully saturated rings. The Bertz CT molecular complexity index is 1000. The lowest BCUT2D eigenvalue weighted by Crippen LogP contribution is -2.58. The van der Waals surface area contributed by atoms with Gasteiger partial charge in [-0.3, -0.25) is 14.5 Å². The number of rotatable bonds is 7. The lowest BCUT2D eigenvalue weighted by atomic mass is 9.79. The first-order valence-corrected chi connectivity index (χ1v) is 11.5. The number of unbranched alkanes of at least 4 members (excludes halogenated alkanes) is 3. The van der Waals surface area contributed by atoms with E-state index in [4.69, 9.17) is 15.1 Å². The molecule has 10 heteroatoms. The van der Waals surface area contributed by atoms with Crippen LogP contribution in [-0.2, 0) is 20.5 Å². The first-order chi connectivity index (χ1) is 15.9. The summed E-state index contributed by atoms with van der Waals surface area (Å²) in [6.45, 7) is 5.41. The van der Waals surface area contributed by atoms with E-state index in [0.717, 1.165) is 43.2 Å². The van der Waals surface area contributed by atoms with Gasteiger partial charge in [-0.25, -0.2) is 4.90 Å². The number of fused-ring (bicyclic) bond motifs is 5. The largest absolute Gasteiger partial charge is 0.417 e. The van der Waals surface area contributed by atoms with Crippen molar-refractivity contribution in [3.05, 3.63) is 29.3 Å². The molecule has 3 aliphatic rings. The summed E-state index contributed by atoms with van der Waals surface area (Å²) in [5, 5.41) is 18.0. The van der Waals surface area contributed by atoms with Gasteiger partial charge in [0.25, 0.3) is 0 Å². The van der Waals surface area contributed by atoms with Gasteiger partial charge in [0.2, 0.25) is 11.8 Å². The summed E-state index contributed by atoms with van der Waals surface area (Å²) < 4.78 is 46.7. The summed E-state index contributed by atoms with van der Waals surface area (Å²) >= 11 is 0. The Morgan fingerprint density at radius 3 is 2.21 bits per heavy atom. The third kappa shape index (κ3) is 4.00. The Labute approximate surface area is 196 Å². The van der Waals surface area contributed by atoms with Crippen LogP contribution < -0.4 is 4.90 Å². The molecule has 0 aliphatic carbocycles. The van der Waals surface area contributed by atoms with E-state index in [-0.39, 0.29) is 12.3 Å². The minimum atomic E-state index is -4.79. The third-order valence-corrected chi connectivity index (χ3v) is 7.23. The SMILES string of the molecule is C[C@]12CN(CCCCCCO)C[C@](C)(O1)C1C(=O)N(c3ccc(C#N)c(C(F)(F)F)c3)C(=O)C12. The van der Waals surface area contributed by atoms with Crippen molar-refractivity contribution < 1.29 is 32.6 Å². The Kier molecular flexibility index (Phi) is 6.25. The predicted octanol–water partition coefficient (Wildman–Crippen LogP) is 3.10. The van der Waals surface area contributed by atoms with Crippen LogP contribution in [-0.4, -0.2) is 59.3 Å². The first kappa shape index (κ1) is 24.6. The van der Waals surface area contributed by atoms with Gasteiger partial charge in [0.05, 0.1) is 45.9 Å². The zero-order chi connectivity index (χ0) is 24.9. The van der Waals surface area contributed by atoms with Crippen LogP contribution in [0.2, 0.25) is 0 Å². The fourth-order valence-corrected chi connectivity index (χ4v) is 5.98. The van der Waals surface area contributed by atoms with Crippen LogP contribution >= 0.6 is 0 Å². The van der Waals surface area contributed by atoms with Crippen molar-refractivity contribution in [3.63, 3.8) is 0 Å². The maximum Gasteiger partial charge on any atom is 0.417 e. The van der Waals surface area contributed by atoms with Crippen LogP contribution in [0.5, 0.6) is 0 Å². The van der Waals surface area contributed by atoms with Crippen molar-refractivity contribution in [2.24, 2.45) is 11.8 Å². The number of ether oxygens (including phenoxy) is 1. The lowest BCUT2D eigenvalue weighted by Gasteiger charge is -2.45. The van der Waals surface area contributed by atoms with E-state index in [1.54, 1.807) is 13.8 Å². The Morgan fingerprint density at radius 2 is 1.68 bits per heavy atom. The second kappa shape index (κ2) is 8.63. The standard InChI is InChI=1S/C24H28F3N3O4/c1-22-13-29(9-5-3-4-6-10-31)14-23(2,34-22)19-18(22)20(32)30(21(19)33)16-8-7-15(12-28)17(11-16)24(25,26)27/h7-8,11,18-19,31H,3-6,9-10,13-14H2,1-2H3/t18?,19?,22-,23+. The Hall–Kier alpha value is -2.48.